The van der Waals surface area contributed by atoms with Crippen LogP contribution in [0.1, 0.15) is 0 Å². The molecule has 1 aliphatic rings. The van der Waals surface area contributed by atoms with Crippen molar-refractivity contribution in [3.8, 4) is 11.3 Å². The topological polar surface area (TPSA) is 129 Å². The third kappa shape index (κ3) is 3.31. The first kappa shape index (κ1) is 17.7. The Morgan fingerprint density at radius 3 is 2.50 bits per heavy atom. The number of carbonyl (C=O) groups excluding carboxylic acids is 3. The van der Waals surface area contributed by atoms with E-state index in [4.69, 9.17) is 0 Å². The first-order valence-corrected chi connectivity index (χ1v) is 8.26. The molecule has 3 N–H and O–H groups in total. The van der Waals surface area contributed by atoms with Gasteiger partial charge in [0, 0.05) is 5.56 Å². The Labute approximate surface area is 148 Å². The number of hydrogen-bond donors (Lipinski definition) is 3. The molecule has 9 nitrogen and oxygen atoms in total. The highest BCUT2D eigenvalue weighted by Gasteiger charge is 2.38. The van der Waals surface area contributed by atoms with Crippen LogP contribution in [0.15, 0.2) is 23.3 Å². The summed E-state index contributed by atoms with van der Waals surface area (Å²) in [7, 11) is 0. The molecule has 1 aliphatic heterocycles. The summed E-state index contributed by atoms with van der Waals surface area (Å²) in [5.41, 5.74) is -0.503. The molecule has 3 amide bonds. The summed E-state index contributed by atoms with van der Waals surface area (Å²) in [4.78, 5) is 39.4. The number of halogens is 2. The summed E-state index contributed by atoms with van der Waals surface area (Å²) in [6.07, 6.45) is 2.84. The SMILES string of the molecule is CSC1=NC(=O)C(C(=O)Nc2c(F)cc(-c3cn[nH]n3)cc2F)C(=O)N1. The number of aromatic nitrogens is 3. The Morgan fingerprint density at radius 1 is 1.27 bits per heavy atom. The molecular weight excluding hydrogens is 370 g/mol. The van der Waals surface area contributed by atoms with Crippen molar-refractivity contribution in [2.24, 2.45) is 10.9 Å². The Balaban J connectivity index is 1.85. The van der Waals surface area contributed by atoms with E-state index in [2.05, 4.69) is 25.7 Å². The van der Waals surface area contributed by atoms with E-state index in [0.29, 0.717) is 0 Å². The fraction of sp³-hybridized carbons (Fsp3) is 0.143. The Hall–Kier alpha value is -3.15. The quantitative estimate of drug-likeness (QED) is 0.672. The summed E-state index contributed by atoms with van der Waals surface area (Å²) in [6, 6.07) is 1.87. The number of carbonyl (C=O) groups is 3. The van der Waals surface area contributed by atoms with E-state index in [9.17, 15) is 23.2 Å². The molecule has 3 rings (SSSR count). The number of aromatic amines is 1. The molecule has 2 aromatic rings. The number of H-pyrrole nitrogens is 1. The van der Waals surface area contributed by atoms with Crippen LogP contribution in [0.25, 0.3) is 11.3 Å². The molecule has 0 spiro atoms. The molecule has 12 heteroatoms. The molecule has 0 fully saturated rings. The summed E-state index contributed by atoms with van der Waals surface area (Å²) in [6.45, 7) is 0. The molecule has 2 heterocycles. The minimum absolute atomic E-state index is 0.0402. The van der Waals surface area contributed by atoms with Crippen molar-refractivity contribution in [2.45, 2.75) is 0 Å². The first-order valence-electron chi connectivity index (χ1n) is 7.04. The highest BCUT2D eigenvalue weighted by Crippen LogP contribution is 2.26. The number of hydrogen-bond acceptors (Lipinski definition) is 6. The predicted molar refractivity (Wildman–Crippen MR) is 88.0 cm³/mol. The van der Waals surface area contributed by atoms with Crippen LogP contribution in [0.3, 0.4) is 0 Å². The lowest BCUT2D eigenvalue weighted by atomic mass is 10.1. The lowest BCUT2D eigenvalue weighted by Crippen LogP contribution is -2.48. The smallest absolute Gasteiger partial charge is 0.270 e. The van der Waals surface area contributed by atoms with Crippen molar-refractivity contribution >= 4 is 40.3 Å². The number of rotatable bonds is 3. The van der Waals surface area contributed by atoms with Crippen LogP contribution in [0.2, 0.25) is 0 Å². The van der Waals surface area contributed by atoms with Crippen LogP contribution in [0.5, 0.6) is 0 Å². The van der Waals surface area contributed by atoms with Gasteiger partial charge in [-0.15, -0.1) is 0 Å². The maximum atomic E-state index is 14.2. The van der Waals surface area contributed by atoms with Crippen molar-refractivity contribution in [1.29, 1.82) is 0 Å². The molecule has 1 aromatic carbocycles. The molecule has 1 atom stereocenters. The summed E-state index contributed by atoms with van der Waals surface area (Å²) in [5.74, 6) is -7.17. The number of aliphatic imine (C=N–C) groups is 1. The molecule has 0 radical (unpaired) electrons. The van der Waals surface area contributed by atoms with Gasteiger partial charge in [-0.25, -0.2) is 8.78 Å². The Bertz CT molecular complexity index is 908. The van der Waals surface area contributed by atoms with Gasteiger partial charge in [-0.05, 0) is 18.4 Å². The fourth-order valence-corrected chi connectivity index (χ4v) is 2.57. The van der Waals surface area contributed by atoms with E-state index in [0.717, 1.165) is 23.9 Å². The number of nitrogens with zero attached hydrogens (tertiary/aromatic N) is 3. The average molecular weight is 380 g/mol. The van der Waals surface area contributed by atoms with Gasteiger partial charge in [0.05, 0.1) is 6.20 Å². The zero-order valence-electron chi connectivity index (χ0n) is 13.0. The average Bonchev–Trinajstić information content (AvgIpc) is 3.11. The van der Waals surface area contributed by atoms with Crippen molar-refractivity contribution in [1.82, 2.24) is 20.7 Å². The van der Waals surface area contributed by atoms with E-state index in [1.165, 1.54) is 6.20 Å². The summed E-state index contributed by atoms with van der Waals surface area (Å²) in [5, 5.41) is 13.8. The van der Waals surface area contributed by atoms with Gasteiger partial charge in [-0.3, -0.25) is 14.4 Å². The zero-order chi connectivity index (χ0) is 18.8. The molecule has 0 saturated carbocycles. The maximum absolute atomic E-state index is 14.2. The Morgan fingerprint density at radius 2 is 1.96 bits per heavy atom. The zero-order valence-corrected chi connectivity index (χ0v) is 13.9. The van der Waals surface area contributed by atoms with Crippen LogP contribution in [-0.4, -0.2) is 44.6 Å². The number of anilines is 1. The summed E-state index contributed by atoms with van der Waals surface area (Å²) >= 11 is 1.01. The number of amides is 3. The van der Waals surface area contributed by atoms with Crippen molar-refractivity contribution in [3.63, 3.8) is 0 Å². The molecule has 1 unspecified atom stereocenters. The molecule has 0 bridgehead atoms. The second-order valence-electron chi connectivity index (χ2n) is 5.04. The van der Waals surface area contributed by atoms with Gasteiger partial charge in [0.1, 0.15) is 23.0 Å². The number of benzene rings is 1. The third-order valence-electron chi connectivity index (χ3n) is 3.41. The van der Waals surface area contributed by atoms with E-state index in [-0.39, 0.29) is 16.4 Å². The number of amidine groups is 1. The fourth-order valence-electron chi connectivity index (χ4n) is 2.19. The van der Waals surface area contributed by atoms with Crippen LogP contribution in [0.4, 0.5) is 14.5 Å². The van der Waals surface area contributed by atoms with E-state index >= 15 is 0 Å². The van der Waals surface area contributed by atoms with Gasteiger partial charge in [0.2, 0.25) is 11.8 Å². The second-order valence-corrected chi connectivity index (χ2v) is 5.84. The van der Waals surface area contributed by atoms with Crippen molar-refractivity contribution in [2.75, 3.05) is 11.6 Å². The van der Waals surface area contributed by atoms with E-state index in [1.807, 2.05) is 5.32 Å². The van der Waals surface area contributed by atoms with Crippen molar-refractivity contribution in [3.05, 3.63) is 30.0 Å². The lowest BCUT2D eigenvalue weighted by molar-refractivity contribution is -0.139. The molecular formula is C14H10F2N6O3S. The van der Waals surface area contributed by atoms with Gasteiger partial charge < -0.3 is 10.6 Å². The van der Waals surface area contributed by atoms with Gasteiger partial charge in [0.25, 0.3) is 5.91 Å². The monoisotopic (exact) mass is 380 g/mol. The molecule has 134 valence electrons. The van der Waals surface area contributed by atoms with E-state index < -0.39 is 41.0 Å². The number of nitrogens with one attached hydrogen (secondary N) is 3. The molecule has 1 aromatic heterocycles. The first-order chi connectivity index (χ1) is 12.4. The van der Waals surface area contributed by atoms with Crippen LogP contribution >= 0.6 is 11.8 Å². The molecule has 26 heavy (non-hydrogen) atoms. The Kier molecular flexibility index (Phi) is 4.75. The van der Waals surface area contributed by atoms with Crippen LogP contribution in [-0.2, 0) is 14.4 Å². The maximum Gasteiger partial charge on any atom is 0.270 e. The predicted octanol–water partition coefficient (Wildman–Crippen LogP) is 0.680. The third-order valence-corrected chi connectivity index (χ3v) is 3.99. The second kappa shape index (κ2) is 7.00. The standard InChI is InChI=1S/C14H10F2N6O3S/c1-26-14-19-12(24)9(13(25)20-14)11(23)18-10-6(15)2-5(3-7(10)16)8-4-17-22-21-8/h2-4,9H,1H3,(H,18,23)(H,17,21,22)(H,19,20,24,25). The number of thioether (sulfide) groups is 1. The highest BCUT2D eigenvalue weighted by atomic mass is 32.2. The lowest BCUT2D eigenvalue weighted by Gasteiger charge is -2.19. The minimum Gasteiger partial charge on any atom is -0.320 e. The summed E-state index contributed by atoms with van der Waals surface area (Å²) < 4.78 is 28.4. The van der Waals surface area contributed by atoms with Crippen LogP contribution in [0, 0.1) is 17.6 Å². The molecule has 0 saturated heterocycles. The van der Waals surface area contributed by atoms with Gasteiger partial charge >= 0.3 is 0 Å². The van der Waals surface area contributed by atoms with Crippen molar-refractivity contribution < 1.29 is 23.2 Å². The normalized spacial score (nSPS) is 16.9. The molecule has 0 aliphatic carbocycles. The van der Waals surface area contributed by atoms with E-state index in [1.54, 1.807) is 6.26 Å². The minimum atomic E-state index is -1.83. The van der Waals surface area contributed by atoms with Gasteiger partial charge in [0.15, 0.2) is 11.1 Å². The largest absolute Gasteiger partial charge is 0.320 e. The van der Waals surface area contributed by atoms with Gasteiger partial charge in [-0.2, -0.15) is 20.4 Å². The highest BCUT2D eigenvalue weighted by molar-refractivity contribution is 8.13. The van der Waals surface area contributed by atoms with Crippen LogP contribution < -0.4 is 10.6 Å². The van der Waals surface area contributed by atoms with Gasteiger partial charge in [-0.1, -0.05) is 11.8 Å².